The smallest absolute Gasteiger partial charge is 0.269 e. The maximum Gasteiger partial charge on any atom is 0.269 e. The fraction of sp³-hybridized carbons (Fsp3) is 0.316. The average Bonchev–Trinajstić information content (AvgIpc) is 3.53. The number of aryl methyl sites for hydroxylation is 1. The maximum absolute atomic E-state index is 13.1. The molecule has 1 aliphatic heterocycles. The lowest BCUT2D eigenvalue weighted by Crippen LogP contribution is -2.40. The third-order valence-electron chi connectivity index (χ3n) is 5.18. The van der Waals surface area contributed by atoms with Crippen LogP contribution < -0.4 is 11.2 Å². The van der Waals surface area contributed by atoms with Crippen molar-refractivity contribution in [2.75, 3.05) is 18.8 Å². The molecule has 0 unspecified atom stereocenters. The molecule has 1 amide bonds. The Balaban J connectivity index is 1.73. The van der Waals surface area contributed by atoms with Crippen molar-refractivity contribution in [2.24, 2.45) is 0 Å². The zero-order valence-electron chi connectivity index (χ0n) is 16.3. The van der Waals surface area contributed by atoms with Crippen LogP contribution >= 0.6 is 11.3 Å². The van der Waals surface area contributed by atoms with E-state index in [1.54, 1.807) is 17.5 Å². The molecule has 4 aromatic heterocycles. The summed E-state index contributed by atoms with van der Waals surface area (Å²) in [7, 11) is 0. The van der Waals surface area contributed by atoms with Crippen LogP contribution in [0.5, 0.6) is 0 Å². The molecular formula is C19H20N8O2S. The lowest BCUT2D eigenvalue weighted by molar-refractivity contribution is 0.0827. The van der Waals surface area contributed by atoms with E-state index in [4.69, 9.17) is 15.3 Å². The molecule has 0 spiro atoms. The van der Waals surface area contributed by atoms with Crippen LogP contribution in [0.1, 0.15) is 30.1 Å². The highest BCUT2D eigenvalue weighted by Gasteiger charge is 2.26. The first-order chi connectivity index (χ1) is 14.7. The number of fused-ring (bicyclic) bond motifs is 1. The molecule has 1 aliphatic rings. The number of aromatic nitrogens is 5. The summed E-state index contributed by atoms with van der Waals surface area (Å²) < 4.78 is 6.69. The molecule has 30 heavy (non-hydrogen) atoms. The standard InChI is InChI=1S/C19H20N8O2S/c1-2-27-16-11(19(28)23-26-7-3-4-8-26)10-21-13(12-6-5-9-30-12)14(16)22-18(27)15-17(20)25-29-24-15/h5-6,9-10H,2-4,7-8H2,1H3,(H2,20,25)(H,23,28). The van der Waals surface area contributed by atoms with Crippen molar-refractivity contribution < 1.29 is 9.42 Å². The van der Waals surface area contributed by atoms with Gasteiger partial charge in [0.05, 0.1) is 16.0 Å². The summed E-state index contributed by atoms with van der Waals surface area (Å²) in [5, 5.41) is 11.5. The van der Waals surface area contributed by atoms with E-state index in [-0.39, 0.29) is 11.7 Å². The zero-order chi connectivity index (χ0) is 20.7. The largest absolute Gasteiger partial charge is 0.379 e. The van der Waals surface area contributed by atoms with Crippen molar-refractivity contribution >= 4 is 34.1 Å². The number of nitrogen functional groups attached to an aromatic ring is 1. The molecule has 1 fully saturated rings. The number of carbonyl (C=O) groups excluding carboxylic acids is 1. The number of hydrazine groups is 1. The van der Waals surface area contributed by atoms with Crippen LogP contribution in [0.2, 0.25) is 0 Å². The minimum Gasteiger partial charge on any atom is -0.379 e. The summed E-state index contributed by atoms with van der Waals surface area (Å²) in [5.41, 5.74) is 11.7. The van der Waals surface area contributed by atoms with E-state index in [1.165, 1.54) is 0 Å². The number of carbonyl (C=O) groups is 1. The average molecular weight is 424 g/mol. The molecule has 0 radical (unpaired) electrons. The number of imidazole rings is 1. The first-order valence-electron chi connectivity index (χ1n) is 9.74. The van der Waals surface area contributed by atoms with Gasteiger partial charge in [-0.15, -0.1) is 11.3 Å². The number of anilines is 1. The maximum atomic E-state index is 13.1. The van der Waals surface area contributed by atoms with Gasteiger partial charge in [-0.1, -0.05) is 6.07 Å². The van der Waals surface area contributed by atoms with Crippen molar-refractivity contribution in [3.05, 3.63) is 29.3 Å². The van der Waals surface area contributed by atoms with E-state index in [1.807, 2.05) is 34.0 Å². The molecule has 5 heterocycles. The van der Waals surface area contributed by atoms with Gasteiger partial charge >= 0.3 is 0 Å². The van der Waals surface area contributed by atoms with Crippen molar-refractivity contribution in [1.29, 1.82) is 0 Å². The number of rotatable bonds is 5. The Labute approximate surface area is 175 Å². The second-order valence-corrected chi connectivity index (χ2v) is 7.96. The Morgan fingerprint density at radius 1 is 1.30 bits per heavy atom. The van der Waals surface area contributed by atoms with Crippen LogP contribution in [0, 0.1) is 0 Å². The van der Waals surface area contributed by atoms with E-state index >= 15 is 0 Å². The number of hydrogen-bond donors (Lipinski definition) is 2. The second kappa shape index (κ2) is 7.50. The van der Waals surface area contributed by atoms with Gasteiger partial charge in [-0.2, -0.15) is 0 Å². The predicted molar refractivity (Wildman–Crippen MR) is 112 cm³/mol. The summed E-state index contributed by atoms with van der Waals surface area (Å²) in [5.74, 6) is 0.431. The highest BCUT2D eigenvalue weighted by atomic mass is 32.1. The molecule has 154 valence electrons. The Morgan fingerprint density at radius 3 is 2.80 bits per heavy atom. The summed E-state index contributed by atoms with van der Waals surface area (Å²) in [4.78, 5) is 23.5. The highest BCUT2D eigenvalue weighted by Crippen LogP contribution is 2.35. The van der Waals surface area contributed by atoms with Gasteiger partial charge in [-0.3, -0.25) is 15.2 Å². The van der Waals surface area contributed by atoms with Gasteiger partial charge in [0, 0.05) is 25.8 Å². The van der Waals surface area contributed by atoms with E-state index in [0.717, 1.165) is 30.8 Å². The van der Waals surface area contributed by atoms with Gasteiger partial charge in [0.25, 0.3) is 5.91 Å². The third kappa shape index (κ3) is 3.02. The van der Waals surface area contributed by atoms with Crippen LogP contribution in [0.25, 0.3) is 33.1 Å². The minimum absolute atomic E-state index is 0.147. The SMILES string of the molecule is CCn1c(-c2nonc2N)nc2c(-c3cccs3)ncc(C(=O)NN3CCCC3)c21. The highest BCUT2D eigenvalue weighted by molar-refractivity contribution is 7.13. The van der Waals surface area contributed by atoms with E-state index in [2.05, 4.69) is 20.7 Å². The molecule has 0 aliphatic carbocycles. The number of nitrogens with one attached hydrogen (secondary N) is 1. The van der Waals surface area contributed by atoms with E-state index in [0.29, 0.717) is 40.4 Å². The van der Waals surface area contributed by atoms with E-state index < -0.39 is 0 Å². The van der Waals surface area contributed by atoms with Crippen LogP contribution in [-0.2, 0) is 6.54 Å². The normalized spacial score (nSPS) is 14.6. The minimum atomic E-state index is -0.209. The monoisotopic (exact) mass is 424 g/mol. The Hall–Kier alpha value is -3.31. The molecule has 0 aromatic carbocycles. The number of thiophene rings is 1. The lowest BCUT2D eigenvalue weighted by atomic mass is 10.1. The quantitative estimate of drug-likeness (QED) is 0.500. The summed E-state index contributed by atoms with van der Waals surface area (Å²) >= 11 is 1.56. The van der Waals surface area contributed by atoms with Crippen LogP contribution in [0.15, 0.2) is 28.3 Å². The van der Waals surface area contributed by atoms with Gasteiger partial charge < -0.3 is 10.3 Å². The predicted octanol–water partition coefficient (Wildman–Crippen LogP) is 2.55. The molecular weight excluding hydrogens is 404 g/mol. The van der Waals surface area contributed by atoms with Crippen molar-refractivity contribution in [1.82, 2.24) is 35.3 Å². The Kier molecular flexibility index (Phi) is 4.68. The van der Waals surface area contributed by atoms with Crippen LogP contribution in [0.4, 0.5) is 5.82 Å². The lowest BCUT2D eigenvalue weighted by Gasteiger charge is -2.17. The third-order valence-corrected chi connectivity index (χ3v) is 6.05. The summed E-state index contributed by atoms with van der Waals surface area (Å²) in [6.45, 7) is 4.21. The molecule has 11 heteroatoms. The fourth-order valence-electron chi connectivity index (χ4n) is 3.77. The number of nitrogens with two attached hydrogens (primary N) is 1. The van der Waals surface area contributed by atoms with E-state index in [9.17, 15) is 4.79 Å². The molecule has 0 saturated carbocycles. The second-order valence-electron chi connectivity index (χ2n) is 7.01. The van der Waals surface area contributed by atoms with Gasteiger partial charge in [-0.05, 0) is 41.5 Å². The van der Waals surface area contributed by atoms with Crippen molar-refractivity contribution in [2.45, 2.75) is 26.3 Å². The van der Waals surface area contributed by atoms with Gasteiger partial charge in [0.1, 0.15) is 11.2 Å². The van der Waals surface area contributed by atoms with Crippen LogP contribution in [0.3, 0.4) is 0 Å². The first kappa shape index (κ1) is 18.7. The Morgan fingerprint density at radius 2 is 2.13 bits per heavy atom. The zero-order valence-corrected chi connectivity index (χ0v) is 17.1. The van der Waals surface area contributed by atoms with Gasteiger partial charge in [0.2, 0.25) is 0 Å². The molecule has 3 N–H and O–H groups in total. The number of pyridine rings is 1. The topological polar surface area (TPSA) is 128 Å². The molecule has 0 bridgehead atoms. The fourth-order valence-corrected chi connectivity index (χ4v) is 4.50. The summed E-state index contributed by atoms with van der Waals surface area (Å²) in [6.07, 6.45) is 3.76. The Bertz CT molecular complexity index is 1210. The molecule has 5 rings (SSSR count). The first-order valence-corrected chi connectivity index (χ1v) is 10.6. The summed E-state index contributed by atoms with van der Waals surface area (Å²) in [6, 6.07) is 3.94. The van der Waals surface area contributed by atoms with Crippen molar-refractivity contribution in [3.63, 3.8) is 0 Å². The van der Waals surface area contributed by atoms with Gasteiger partial charge in [0.15, 0.2) is 17.3 Å². The molecule has 1 saturated heterocycles. The van der Waals surface area contributed by atoms with Crippen LogP contribution in [-0.4, -0.2) is 48.9 Å². The number of hydrogen-bond acceptors (Lipinski definition) is 9. The number of nitrogens with zero attached hydrogens (tertiary/aromatic N) is 6. The molecule has 10 nitrogen and oxygen atoms in total. The number of amides is 1. The molecule has 4 aromatic rings. The van der Waals surface area contributed by atoms with Crippen molar-refractivity contribution in [3.8, 4) is 22.1 Å². The molecule has 0 atom stereocenters. The van der Waals surface area contributed by atoms with Gasteiger partial charge in [-0.25, -0.2) is 14.6 Å².